The molecule has 0 radical (unpaired) electrons. The summed E-state index contributed by atoms with van der Waals surface area (Å²) in [6.07, 6.45) is 0. The summed E-state index contributed by atoms with van der Waals surface area (Å²) in [4.78, 5) is 36.3. The lowest BCUT2D eigenvalue weighted by molar-refractivity contribution is -0.0125. The quantitative estimate of drug-likeness (QED) is 0.387. The summed E-state index contributed by atoms with van der Waals surface area (Å²) in [6.45, 7) is -0.257. The van der Waals surface area contributed by atoms with Crippen LogP contribution < -0.4 is 4.74 Å². The third kappa shape index (κ3) is 5.55. The van der Waals surface area contributed by atoms with Crippen LogP contribution in [-0.2, 0) is 25.6 Å². The predicted octanol–water partition coefficient (Wildman–Crippen LogP) is 2.60. The second-order valence-electron chi connectivity index (χ2n) is 5.55. The van der Waals surface area contributed by atoms with E-state index in [-0.39, 0.29) is 30.1 Å². The normalized spacial score (nSPS) is 10.1. The number of methoxy groups -OCH3 is 3. The first kappa shape index (κ1) is 20.9. The molecule has 148 valence electrons. The minimum Gasteiger partial charge on any atom is -0.497 e. The SMILES string of the molecule is COCOC(=O)c1cc(C(=O)OC)cc(C(=O)OCc2ccc(OC)cc2)c1. The van der Waals surface area contributed by atoms with Gasteiger partial charge in [-0.05, 0) is 35.9 Å². The minimum atomic E-state index is -0.753. The minimum absolute atomic E-state index is 0.00338. The average Bonchev–Trinajstić information content (AvgIpc) is 2.75. The zero-order valence-corrected chi connectivity index (χ0v) is 15.7. The lowest BCUT2D eigenvalue weighted by Gasteiger charge is -2.10. The Hall–Kier alpha value is -3.39. The second kappa shape index (κ2) is 10.1. The summed E-state index contributed by atoms with van der Waals surface area (Å²) in [6, 6.07) is 10.8. The summed E-state index contributed by atoms with van der Waals surface area (Å²) in [5.41, 5.74) is 0.779. The predicted molar refractivity (Wildman–Crippen MR) is 97.2 cm³/mol. The largest absolute Gasteiger partial charge is 0.497 e. The maximum atomic E-state index is 12.4. The fourth-order valence-corrected chi connectivity index (χ4v) is 2.25. The first-order chi connectivity index (χ1) is 13.5. The Morgan fingerprint density at radius 1 is 0.750 bits per heavy atom. The van der Waals surface area contributed by atoms with Gasteiger partial charge in [0.25, 0.3) is 0 Å². The number of hydrogen-bond donors (Lipinski definition) is 0. The van der Waals surface area contributed by atoms with Crippen molar-refractivity contribution < 1.29 is 38.1 Å². The lowest BCUT2D eigenvalue weighted by atomic mass is 10.1. The molecule has 28 heavy (non-hydrogen) atoms. The van der Waals surface area contributed by atoms with Gasteiger partial charge >= 0.3 is 17.9 Å². The number of rotatable bonds is 8. The molecule has 0 aromatic heterocycles. The van der Waals surface area contributed by atoms with E-state index in [1.807, 2.05) is 0 Å². The molecule has 8 heteroatoms. The molecular formula is C20H20O8. The van der Waals surface area contributed by atoms with Gasteiger partial charge < -0.3 is 23.7 Å². The Morgan fingerprint density at radius 3 is 1.79 bits per heavy atom. The van der Waals surface area contributed by atoms with E-state index in [1.165, 1.54) is 32.4 Å². The van der Waals surface area contributed by atoms with Gasteiger partial charge in [-0.25, -0.2) is 14.4 Å². The zero-order chi connectivity index (χ0) is 20.5. The standard InChI is InChI=1S/C20H20O8/c1-24-12-28-20(23)16-9-14(18(21)26-3)8-15(10-16)19(22)27-11-13-4-6-17(25-2)7-5-13/h4-10H,11-12H2,1-3H3. The molecule has 2 rings (SSSR count). The Bertz CT molecular complexity index is 842. The van der Waals surface area contributed by atoms with Crippen LogP contribution in [0.5, 0.6) is 5.75 Å². The summed E-state index contributed by atoms with van der Waals surface area (Å²) in [5, 5.41) is 0. The van der Waals surface area contributed by atoms with E-state index in [1.54, 1.807) is 31.4 Å². The number of hydrogen-bond acceptors (Lipinski definition) is 8. The molecule has 0 unspecified atom stereocenters. The van der Waals surface area contributed by atoms with Crippen molar-refractivity contribution in [1.29, 1.82) is 0 Å². The monoisotopic (exact) mass is 388 g/mol. The number of benzene rings is 2. The smallest absolute Gasteiger partial charge is 0.340 e. The van der Waals surface area contributed by atoms with E-state index < -0.39 is 17.9 Å². The third-order valence-electron chi connectivity index (χ3n) is 3.66. The number of carbonyl (C=O) groups excluding carboxylic acids is 3. The lowest BCUT2D eigenvalue weighted by Crippen LogP contribution is -2.13. The van der Waals surface area contributed by atoms with Crippen LogP contribution in [0, 0.1) is 0 Å². The molecule has 0 N–H and O–H groups in total. The van der Waals surface area contributed by atoms with E-state index >= 15 is 0 Å². The zero-order valence-electron chi connectivity index (χ0n) is 15.7. The summed E-state index contributed by atoms with van der Waals surface area (Å²) in [7, 11) is 4.11. The van der Waals surface area contributed by atoms with Crippen molar-refractivity contribution in [1.82, 2.24) is 0 Å². The van der Waals surface area contributed by atoms with E-state index in [2.05, 4.69) is 9.47 Å². The van der Waals surface area contributed by atoms with E-state index in [4.69, 9.17) is 14.2 Å². The molecule has 0 bridgehead atoms. The molecule has 2 aromatic rings. The maximum Gasteiger partial charge on any atom is 0.340 e. The van der Waals surface area contributed by atoms with Gasteiger partial charge in [0, 0.05) is 7.11 Å². The van der Waals surface area contributed by atoms with Crippen LogP contribution in [0.1, 0.15) is 36.6 Å². The van der Waals surface area contributed by atoms with Gasteiger partial charge in [-0.3, -0.25) is 0 Å². The van der Waals surface area contributed by atoms with Crippen molar-refractivity contribution in [3.05, 3.63) is 64.7 Å². The van der Waals surface area contributed by atoms with Crippen LogP contribution in [0.4, 0.5) is 0 Å². The highest BCUT2D eigenvalue weighted by Gasteiger charge is 2.18. The second-order valence-corrected chi connectivity index (χ2v) is 5.55. The molecule has 2 aromatic carbocycles. The van der Waals surface area contributed by atoms with Gasteiger partial charge in [-0.2, -0.15) is 0 Å². The van der Waals surface area contributed by atoms with Crippen LogP contribution in [0.15, 0.2) is 42.5 Å². The first-order valence-corrected chi connectivity index (χ1v) is 8.18. The third-order valence-corrected chi connectivity index (χ3v) is 3.66. The molecule has 0 spiro atoms. The van der Waals surface area contributed by atoms with Gasteiger partial charge in [-0.15, -0.1) is 0 Å². The molecule has 0 aliphatic heterocycles. The molecule has 0 fully saturated rings. The van der Waals surface area contributed by atoms with Crippen molar-refractivity contribution in [3.8, 4) is 5.75 Å². The fraction of sp³-hybridized carbons (Fsp3) is 0.250. The highest BCUT2D eigenvalue weighted by atomic mass is 16.7. The molecule has 0 aliphatic carbocycles. The van der Waals surface area contributed by atoms with Crippen LogP contribution >= 0.6 is 0 Å². The molecule has 0 saturated carbocycles. The molecule has 0 amide bonds. The van der Waals surface area contributed by atoms with Gasteiger partial charge in [0.2, 0.25) is 0 Å². The highest BCUT2D eigenvalue weighted by molar-refractivity contribution is 6.00. The van der Waals surface area contributed by atoms with Crippen molar-refractivity contribution in [2.45, 2.75) is 6.61 Å². The van der Waals surface area contributed by atoms with Gasteiger partial charge in [0.1, 0.15) is 12.4 Å². The topological polar surface area (TPSA) is 97.4 Å². The Labute approximate surface area is 161 Å². The maximum absolute atomic E-state index is 12.4. The van der Waals surface area contributed by atoms with Crippen molar-refractivity contribution >= 4 is 17.9 Å². The molecule has 8 nitrogen and oxygen atoms in total. The van der Waals surface area contributed by atoms with Crippen molar-refractivity contribution in [3.63, 3.8) is 0 Å². The Morgan fingerprint density at radius 2 is 1.29 bits per heavy atom. The molecular weight excluding hydrogens is 368 g/mol. The van der Waals surface area contributed by atoms with Crippen molar-refractivity contribution in [2.75, 3.05) is 28.1 Å². The van der Waals surface area contributed by atoms with Gasteiger partial charge in [-0.1, -0.05) is 12.1 Å². The van der Waals surface area contributed by atoms with E-state index in [0.717, 1.165) is 5.56 Å². The fourth-order valence-electron chi connectivity index (χ4n) is 2.25. The van der Waals surface area contributed by atoms with Crippen LogP contribution in [0.2, 0.25) is 0 Å². The summed E-state index contributed by atoms with van der Waals surface area (Å²) in [5.74, 6) is -1.48. The molecule has 0 heterocycles. The molecule has 0 saturated heterocycles. The van der Waals surface area contributed by atoms with E-state index in [9.17, 15) is 14.4 Å². The number of esters is 3. The van der Waals surface area contributed by atoms with Crippen LogP contribution in [0.3, 0.4) is 0 Å². The van der Waals surface area contributed by atoms with Gasteiger partial charge in [0.05, 0.1) is 30.9 Å². The van der Waals surface area contributed by atoms with Gasteiger partial charge in [0.15, 0.2) is 6.79 Å². The summed E-state index contributed by atoms with van der Waals surface area (Å²) >= 11 is 0. The van der Waals surface area contributed by atoms with Crippen molar-refractivity contribution in [2.24, 2.45) is 0 Å². The number of ether oxygens (including phenoxy) is 5. The van der Waals surface area contributed by atoms with E-state index in [0.29, 0.717) is 5.75 Å². The first-order valence-electron chi connectivity index (χ1n) is 8.18. The summed E-state index contributed by atoms with van der Waals surface area (Å²) < 4.78 is 24.5. The van der Waals surface area contributed by atoms with Crippen LogP contribution in [0.25, 0.3) is 0 Å². The van der Waals surface area contributed by atoms with Crippen LogP contribution in [-0.4, -0.2) is 46.0 Å². The Balaban J connectivity index is 2.19. The Kier molecular flexibility index (Phi) is 7.53. The average molecular weight is 388 g/mol. The number of carbonyl (C=O) groups is 3. The highest BCUT2D eigenvalue weighted by Crippen LogP contribution is 2.16. The molecule has 0 aliphatic rings. The molecule has 0 atom stereocenters.